The van der Waals surface area contributed by atoms with Gasteiger partial charge in [-0.2, -0.15) is 5.10 Å². The molecule has 2 N–H and O–H groups in total. The molecule has 0 aliphatic heterocycles. The molecule has 0 fully saturated rings. The minimum atomic E-state index is -0.956. The first-order valence-electron chi connectivity index (χ1n) is 4.14. The SMILES string of the molecule is O=C(O)c1cnn(Cc2ccc[nH]2)c1. The van der Waals surface area contributed by atoms with Crippen LogP contribution in [-0.4, -0.2) is 25.8 Å². The molecule has 2 aromatic heterocycles. The number of nitrogens with one attached hydrogen (secondary N) is 1. The van der Waals surface area contributed by atoms with Crippen molar-refractivity contribution in [2.45, 2.75) is 6.54 Å². The maximum absolute atomic E-state index is 10.6. The van der Waals surface area contributed by atoms with E-state index in [-0.39, 0.29) is 5.56 Å². The van der Waals surface area contributed by atoms with Crippen LogP contribution >= 0.6 is 0 Å². The molecule has 0 aromatic carbocycles. The molecule has 0 atom stereocenters. The number of aromatic carboxylic acids is 1. The normalized spacial score (nSPS) is 10.3. The second kappa shape index (κ2) is 3.37. The number of aromatic amines is 1. The minimum absolute atomic E-state index is 0.205. The third-order valence-electron chi connectivity index (χ3n) is 1.87. The molecule has 0 aliphatic rings. The highest BCUT2D eigenvalue weighted by molar-refractivity contribution is 5.86. The number of hydrogen-bond donors (Lipinski definition) is 2. The quantitative estimate of drug-likeness (QED) is 0.759. The van der Waals surface area contributed by atoms with Crippen LogP contribution < -0.4 is 0 Å². The molecule has 2 heterocycles. The maximum Gasteiger partial charge on any atom is 0.338 e. The summed E-state index contributed by atoms with van der Waals surface area (Å²) in [5.41, 5.74) is 1.20. The standard InChI is InChI=1S/C9H9N3O2/c13-9(14)7-4-11-12(5-7)6-8-2-1-3-10-8/h1-5,10H,6H2,(H,13,14). The maximum atomic E-state index is 10.6. The predicted octanol–water partition coefficient (Wildman–Crippen LogP) is 0.958. The van der Waals surface area contributed by atoms with Gasteiger partial charge in [-0.1, -0.05) is 0 Å². The molecular weight excluding hydrogens is 182 g/mol. The van der Waals surface area contributed by atoms with Crippen LogP contribution in [-0.2, 0) is 6.54 Å². The predicted molar refractivity (Wildman–Crippen MR) is 49.1 cm³/mol. The number of hydrogen-bond acceptors (Lipinski definition) is 2. The second-order valence-corrected chi connectivity index (χ2v) is 2.93. The number of carboxylic acid groups (broad SMARTS) is 1. The molecule has 14 heavy (non-hydrogen) atoms. The molecule has 0 unspecified atom stereocenters. The summed E-state index contributed by atoms with van der Waals surface area (Å²) < 4.78 is 1.58. The Labute approximate surface area is 80.0 Å². The van der Waals surface area contributed by atoms with Crippen LogP contribution in [0.2, 0.25) is 0 Å². The van der Waals surface area contributed by atoms with Gasteiger partial charge in [-0.05, 0) is 12.1 Å². The number of rotatable bonds is 3. The lowest BCUT2D eigenvalue weighted by Crippen LogP contribution is -2.00. The van der Waals surface area contributed by atoms with Gasteiger partial charge in [0, 0.05) is 18.1 Å². The minimum Gasteiger partial charge on any atom is -0.478 e. The summed E-state index contributed by atoms with van der Waals surface area (Å²) in [6, 6.07) is 3.80. The number of aromatic nitrogens is 3. The van der Waals surface area contributed by atoms with E-state index in [1.807, 2.05) is 18.3 Å². The number of carboxylic acids is 1. The largest absolute Gasteiger partial charge is 0.478 e. The molecule has 0 bridgehead atoms. The van der Waals surface area contributed by atoms with Crippen molar-refractivity contribution in [3.8, 4) is 0 Å². The van der Waals surface area contributed by atoms with E-state index in [1.165, 1.54) is 12.4 Å². The lowest BCUT2D eigenvalue weighted by Gasteiger charge is -1.96. The van der Waals surface area contributed by atoms with Crippen molar-refractivity contribution in [2.75, 3.05) is 0 Å². The van der Waals surface area contributed by atoms with Crippen LogP contribution in [0.25, 0.3) is 0 Å². The van der Waals surface area contributed by atoms with Crippen molar-refractivity contribution in [3.63, 3.8) is 0 Å². The van der Waals surface area contributed by atoms with Crippen molar-refractivity contribution in [3.05, 3.63) is 42.0 Å². The Kier molecular flexibility index (Phi) is 2.06. The van der Waals surface area contributed by atoms with Gasteiger partial charge in [-0.25, -0.2) is 4.79 Å². The van der Waals surface area contributed by atoms with Crippen LogP contribution in [0.1, 0.15) is 16.1 Å². The van der Waals surface area contributed by atoms with Crippen LogP contribution in [0, 0.1) is 0 Å². The molecular formula is C9H9N3O2. The first-order valence-corrected chi connectivity index (χ1v) is 4.14. The number of nitrogens with zero attached hydrogens (tertiary/aromatic N) is 2. The molecule has 2 aromatic rings. The van der Waals surface area contributed by atoms with E-state index in [9.17, 15) is 4.79 Å². The lowest BCUT2D eigenvalue weighted by molar-refractivity contribution is 0.0697. The fraction of sp³-hybridized carbons (Fsp3) is 0.111. The van der Waals surface area contributed by atoms with Crippen molar-refractivity contribution < 1.29 is 9.90 Å². The second-order valence-electron chi connectivity index (χ2n) is 2.93. The number of carbonyl (C=O) groups is 1. The van der Waals surface area contributed by atoms with Gasteiger partial charge in [-0.3, -0.25) is 4.68 Å². The lowest BCUT2D eigenvalue weighted by atomic mass is 10.4. The molecule has 0 spiro atoms. The van der Waals surface area contributed by atoms with Crippen molar-refractivity contribution >= 4 is 5.97 Å². The molecule has 5 nitrogen and oxygen atoms in total. The molecule has 5 heteroatoms. The van der Waals surface area contributed by atoms with Crippen LogP contribution in [0.4, 0.5) is 0 Å². The van der Waals surface area contributed by atoms with Gasteiger partial charge < -0.3 is 10.1 Å². The Hall–Kier alpha value is -2.04. The van der Waals surface area contributed by atoms with Crippen molar-refractivity contribution in [1.82, 2.24) is 14.8 Å². The molecule has 72 valence electrons. The monoisotopic (exact) mass is 191 g/mol. The van der Waals surface area contributed by atoms with Crippen molar-refractivity contribution in [1.29, 1.82) is 0 Å². The summed E-state index contributed by atoms with van der Waals surface area (Å²) in [6.45, 7) is 0.556. The Morgan fingerprint density at radius 3 is 3.07 bits per heavy atom. The van der Waals surface area contributed by atoms with Crippen molar-refractivity contribution in [2.24, 2.45) is 0 Å². The molecule has 0 aliphatic carbocycles. The molecule has 0 amide bonds. The van der Waals surface area contributed by atoms with E-state index < -0.39 is 5.97 Å². The zero-order valence-corrected chi connectivity index (χ0v) is 7.34. The zero-order valence-electron chi connectivity index (χ0n) is 7.34. The summed E-state index contributed by atoms with van der Waals surface area (Å²) >= 11 is 0. The van der Waals surface area contributed by atoms with Gasteiger partial charge in [0.25, 0.3) is 0 Å². The Morgan fingerprint density at radius 1 is 1.64 bits per heavy atom. The van der Waals surface area contributed by atoms with E-state index in [0.717, 1.165) is 5.69 Å². The fourth-order valence-corrected chi connectivity index (χ4v) is 1.20. The summed E-state index contributed by atoms with van der Waals surface area (Å²) in [7, 11) is 0. The molecule has 2 rings (SSSR count). The van der Waals surface area contributed by atoms with Crippen LogP contribution in [0.3, 0.4) is 0 Å². The highest BCUT2D eigenvalue weighted by Gasteiger charge is 2.05. The average Bonchev–Trinajstić information content (AvgIpc) is 2.75. The van der Waals surface area contributed by atoms with Gasteiger partial charge >= 0.3 is 5.97 Å². The van der Waals surface area contributed by atoms with Gasteiger partial charge in [0.05, 0.1) is 18.3 Å². The van der Waals surface area contributed by atoms with Crippen LogP contribution in [0.15, 0.2) is 30.7 Å². The third kappa shape index (κ3) is 1.66. The first-order chi connectivity index (χ1) is 6.75. The summed E-state index contributed by atoms with van der Waals surface area (Å²) in [5.74, 6) is -0.956. The van der Waals surface area contributed by atoms with Gasteiger partial charge in [0.15, 0.2) is 0 Å². The first kappa shape index (κ1) is 8.55. The Balaban J connectivity index is 2.14. The zero-order chi connectivity index (χ0) is 9.97. The van der Waals surface area contributed by atoms with E-state index in [1.54, 1.807) is 4.68 Å². The molecule has 0 saturated carbocycles. The fourth-order valence-electron chi connectivity index (χ4n) is 1.20. The smallest absolute Gasteiger partial charge is 0.338 e. The van der Waals surface area contributed by atoms with E-state index in [4.69, 9.17) is 5.11 Å². The van der Waals surface area contributed by atoms with Gasteiger partial charge in [0.1, 0.15) is 0 Å². The average molecular weight is 191 g/mol. The number of H-pyrrole nitrogens is 1. The van der Waals surface area contributed by atoms with E-state index >= 15 is 0 Å². The Morgan fingerprint density at radius 2 is 2.50 bits per heavy atom. The summed E-state index contributed by atoms with van der Waals surface area (Å²) in [4.78, 5) is 13.6. The van der Waals surface area contributed by atoms with E-state index in [0.29, 0.717) is 6.54 Å². The van der Waals surface area contributed by atoms with Gasteiger partial charge in [0.2, 0.25) is 0 Å². The van der Waals surface area contributed by atoms with Crippen LogP contribution in [0.5, 0.6) is 0 Å². The highest BCUT2D eigenvalue weighted by atomic mass is 16.4. The molecule has 0 saturated heterocycles. The third-order valence-corrected chi connectivity index (χ3v) is 1.87. The highest BCUT2D eigenvalue weighted by Crippen LogP contribution is 2.01. The van der Waals surface area contributed by atoms with E-state index in [2.05, 4.69) is 10.1 Å². The molecule has 0 radical (unpaired) electrons. The Bertz CT molecular complexity index is 431. The summed E-state index contributed by atoms with van der Waals surface area (Å²) in [6.07, 6.45) is 4.66. The summed E-state index contributed by atoms with van der Waals surface area (Å²) in [5, 5.41) is 12.6. The topological polar surface area (TPSA) is 70.9 Å². The van der Waals surface area contributed by atoms with Gasteiger partial charge in [-0.15, -0.1) is 0 Å².